The molecule has 1 heterocycles. The normalized spacial score (nSPS) is 39.2. The molecule has 2 heteroatoms. The molecule has 4 unspecified atom stereocenters. The molecule has 106 valence electrons. The predicted octanol–water partition coefficient (Wildman–Crippen LogP) is 3.29. The van der Waals surface area contributed by atoms with Crippen molar-refractivity contribution in [3.63, 3.8) is 0 Å². The van der Waals surface area contributed by atoms with Crippen LogP contribution in [0.2, 0.25) is 0 Å². The van der Waals surface area contributed by atoms with Crippen LogP contribution in [-0.4, -0.2) is 35.2 Å². The van der Waals surface area contributed by atoms with Crippen LogP contribution in [-0.2, 0) is 0 Å². The summed E-state index contributed by atoms with van der Waals surface area (Å²) in [6.45, 7) is 11.8. The molecular formula is C16H31NO. The van der Waals surface area contributed by atoms with E-state index in [1.54, 1.807) is 0 Å². The van der Waals surface area contributed by atoms with Crippen molar-refractivity contribution < 1.29 is 5.11 Å². The fraction of sp³-hybridized carbons (Fsp3) is 1.00. The van der Waals surface area contributed by atoms with Crippen LogP contribution in [0.1, 0.15) is 59.8 Å². The Morgan fingerprint density at radius 1 is 1.17 bits per heavy atom. The van der Waals surface area contributed by atoms with Gasteiger partial charge in [-0.1, -0.05) is 34.1 Å². The zero-order valence-corrected chi connectivity index (χ0v) is 12.7. The Kier molecular flexibility index (Phi) is 4.38. The Hall–Kier alpha value is -0.0800. The quantitative estimate of drug-likeness (QED) is 0.816. The Morgan fingerprint density at radius 2 is 1.89 bits per heavy atom. The first-order valence-corrected chi connectivity index (χ1v) is 7.84. The maximum Gasteiger partial charge on any atom is 0.0695 e. The molecular weight excluding hydrogens is 222 g/mol. The molecule has 2 rings (SSSR count). The monoisotopic (exact) mass is 253 g/mol. The van der Waals surface area contributed by atoms with Crippen LogP contribution in [0.15, 0.2) is 0 Å². The van der Waals surface area contributed by atoms with Crippen molar-refractivity contribution in [1.29, 1.82) is 0 Å². The van der Waals surface area contributed by atoms with E-state index in [0.29, 0.717) is 11.5 Å². The average Bonchev–Trinajstić information content (AvgIpc) is 2.76. The number of likely N-dealkylation sites (tertiary alicyclic amines) is 1. The van der Waals surface area contributed by atoms with Crippen LogP contribution in [0.5, 0.6) is 0 Å². The van der Waals surface area contributed by atoms with Crippen LogP contribution in [0.4, 0.5) is 0 Å². The first-order valence-electron chi connectivity index (χ1n) is 7.84. The minimum atomic E-state index is -0.0841. The van der Waals surface area contributed by atoms with Gasteiger partial charge >= 0.3 is 0 Å². The summed E-state index contributed by atoms with van der Waals surface area (Å²) in [5.41, 5.74) is 0.391. The molecule has 2 fully saturated rings. The van der Waals surface area contributed by atoms with E-state index in [9.17, 15) is 5.11 Å². The second-order valence-electron chi connectivity index (χ2n) is 7.57. The first kappa shape index (κ1) is 14.3. The van der Waals surface area contributed by atoms with E-state index in [0.717, 1.165) is 18.3 Å². The molecule has 1 saturated heterocycles. The minimum Gasteiger partial charge on any atom is -0.391 e. The molecule has 0 aromatic carbocycles. The second kappa shape index (κ2) is 5.50. The molecule has 0 spiro atoms. The summed E-state index contributed by atoms with van der Waals surface area (Å²) in [4.78, 5) is 2.58. The standard InChI is InChI=1S/C16H31NO/c1-5-12-8-9-17(11-12)14-10-13(16(2,3)4)6-7-15(14)18/h12-15,18H,5-11H2,1-4H3. The number of hydrogen-bond acceptors (Lipinski definition) is 2. The summed E-state index contributed by atoms with van der Waals surface area (Å²) in [6, 6.07) is 0.430. The lowest BCUT2D eigenvalue weighted by molar-refractivity contribution is -0.00977. The van der Waals surface area contributed by atoms with E-state index in [-0.39, 0.29) is 6.10 Å². The van der Waals surface area contributed by atoms with E-state index in [1.165, 1.54) is 38.8 Å². The van der Waals surface area contributed by atoms with Gasteiger partial charge in [-0.25, -0.2) is 0 Å². The Balaban J connectivity index is 1.98. The topological polar surface area (TPSA) is 23.5 Å². The first-order chi connectivity index (χ1) is 8.41. The Bertz CT molecular complexity index is 271. The Morgan fingerprint density at radius 3 is 2.44 bits per heavy atom. The molecule has 0 aromatic rings. The van der Waals surface area contributed by atoms with E-state index >= 15 is 0 Å². The lowest BCUT2D eigenvalue weighted by Crippen LogP contribution is -2.48. The van der Waals surface area contributed by atoms with Gasteiger partial charge in [0.05, 0.1) is 6.10 Å². The zero-order valence-electron chi connectivity index (χ0n) is 12.7. The number of hydrogen-bond donors (Lipinski definition) is 1. The molecule has 0 amide bonds. The fourth-order valence-corrected chi connectivity index (χ4v) is 3.81. The molecule has 1 aliphatic heterocycles. The van der Waals surface area contributed by atoms with Gasteiger partial charge in [0.1, 0.15) is 0 Å². The molecule has 1 N–H and O–H groups in total. The van der Waals surface area contributed by atoms with Crippen molar-refractivity contribution in [2.75, 3.05) is 13.1 Å². The van der Waals surface area contributed by atoms with Gasteiger partial charge in [0.2, 0.25) is 0 Å². The zero-order chi connectivity index (χ0) is 13.3. The predicted molar refractivity (Wildman–Crippen MR) is 76.6 cm³/mol. The summed E-state index contributed by atoms with van der Waals surface area (Å²) in [6.07, 6.45) is 5.94. The number of nitrogens with zero attached hydrogens (tertiary/aromatic N) is 1. The highest BCUT2D eigenvalue weighted by Gasteiger charge is 2.39. The highest BCUT2D eigenvalue weighted by atomic mass is 16.3. The van der Waals surface area contributed by atoms with Gasteiger partial charge in [0, 0.05) is 12.6 Å². The van der Waals surface area contributed by atoms with Gasteiger partial charge in [-0.05, 0) is 49.5 Å². The molecule has 18 heavy (non-hydrogen) atoms. The minimum absolute atomic E-state index is 0.0841. The van der Waals surface area contributed by atoms with E-state index in [1.807, 2.05) is 0 Å². The molecule has 1 saturated carbocycles. The smallest absolute Gasteiger partial charge is 0.0695 e. The van der Waals surface area contributed by atoms with Crippen molar-refractivity contribution >= 4 is 0 Å². The van der Waals surface area contributed by atoms with Gasteiger partial charge in [-0.2, -0.15) is 0 Å². The van der Waals surface area contributed by atoms with Crippen LogP contribution >= 0.6 is 0 Å². The lowest BCUT2D eigenvalue weighted by Gasteiger charge is -2.43. The van der Waals surface area contributed by atoms with Crippen molar-refractivity contribution in [2.45, 2.75) is 71.9 Å². The maximum absolute atomic E-state index is 10.3. The van der Waals surface area contributed by atoms with Gasteiger partial charge in [-0.3, -0.25) is 4.90 Å². The maximum atomic E-state index is 10.3. The van der Waals surface area contributed by atoms with Gasteiger partial charge in [-0.15, -0.1) is 0 Å². The van der Waals surface area contributed by atoms with Crippen molar-refractivity contribution in [2.24, 2.45) is 17.3 Å². The summed E-state index contributed by atoms with van der Waals surface area (Å²) in [5.74, 6) is 1.64. The molecule has 0 radical (unpaired) electrons. The largest absolute Gasteiger partial charge is 0.391 e. The van der Waals surface area contributed by atoms with E-state index < -0.39 is 0 Å². The lowest BCUT2D eigenvalue weighted by atomic mass is 9.70. The van der Waals surface area contributed by atoms with Crippen LogP contribution in [0, 0.1) is 17.3 Å². The molecule has 1 aliphatic carbocycles. The van der Waals surface area contributed by atoms with Gasteiger partial charge in [0.25, 0.3) is 0 Å². The van der Waals surface area contributed by atoms with E-state index in [4.69, 9.17) is 0 Å². The molecule has 4 atom stereocenters. The van der Waals surface area contributed by atoms with Crippen LogP contribution < -0.4 is 0 Å². The molecule has 0 bridgehead atoms. The Labute approximate surface area is 113 Å². The number of aliphatic hydroxyl groups excluding tert-OH is 1. The summed E-state index contributed by atoms with van der Waals surface area (Å²) < 4.78 is 0. The number of rotatable bonds is 2. The molecule has 2 aliphatic rings. The third-order valence-electron chi connectivity index (χ3n) is 5.37. The highest BCUT2D eigenvalue weighted by Crippen LogP contribution is 2.40. The molecule has 2 nitrogen and oxygen atoms in total. The van der Waals surface area contributed by atoms with Crippen LogP contribution in [0.25, 0.3) is 0 Å². The second-order valence-corrected chi connectivity index (χ2v) is 7.57. The SMILES string of the molecule is CCC1CCN(C2CC(C(C)(C)C)CCC2O)C1. The highest BCUT2D eigenvalue weighted by molar-refractivity contribution is 4.93. The van der Waals surface area contributed by atoms with Crippen LogP contribution in [0.3, 0.4) is 0 Å². The van der Waals surface area contributed by atoms with Crippen molar-refractivity contribution in [3.8, 4) is 0 Å². The number of aliphatic hydroxyl groups is 1. The average molecular weight is 253 g/mol. The molecule has 0 aromatic heterocycles. The summed E-state index contributed by atoms with van der Waals surface area (Å²) in [5, 5.41) is 10.3. The fourth-order valence-electron chi connectivity index (χ4n) is 3.81. The van der Waals surface area contributed by atoms with E-state index in [2.05, 4.69) is 32.6 Å². The van der Waals surface area contributed by atoms with Gasteiger partial charge < -0.3 is 5.11 Å². The summed E-state index contributed by atoms with van der Waals surface area (Å²) >= 11 is 0. The third-order valence-corrected chi connectivity index (χ3v) is 5.37. The van der Waals surface area contributed by atoms with Crippen molar-refractivity contribution in [3.05, 3.63) is 0 Å². The summed E-state index contributed by atoms with van der Waals surface area (Å²) in [7, 11) is 0. The van der Waals surface area contributed by atoms with Gasteiger partial charge in [0.15, 0.2) is 0 Å². The van der Waals surface area contributed by atoms with Crippen molar-refractivity contribution in [1.82, 2.24) is 4.90 Å². The third kappa shape index (κ3) is 3.08.